The fraction of sp³-hybridized carbons (Fsp3) is 0.462. The summed E-state index contributed by atoms with van der Waals surface area (Å²) < 4.78 is 5.46. The second-order valence-electron chi connectivity index (χ2n) is 4.42. The lowest BCUT2D eigenvalue weighted by Gasteiger charge is -2.16. The van der Waals surface area contributed by atoms with E-state index in [1.54, 1.807) is 12.1 Å². The average molecular weight is 264 g/mol. The number of carbonyl (C=O) groups is 2. The van der Waals surface area contributed by atoms with E-state index in [9.17, 15) is 9.59 Å². The number of aromatic carboxylic acids is 1. The van der Waals surface area contributed by atoms with Crippen LogP contribution in [-0.2, 0) is 9.53 Å². The molecule has 0 saturated carbocycles. The van der Waals surface area contributed by atoms with Crippen LogP contribution in [0.2, 0.25) is 0 Å². The van der Waals surface area contributed by atoms with Crippen LogP contribution < -0.4 is 5.32 Å². The smallest absolute Gasteiger partial charge is 0.354 e. The van der Waals surface area contributed by atoms with Gasteiger partial charge in [0.05, 0.1) is 12.0 Å². The van der Waals surface area contributed by atoms with Gasteiger partial charge >= 0.3 is 5.97 Å². The summed E-state index contributed by atoms with van der Waals surface area (Å²) in [7, 11) is 0. The number of rotatable bonds is 4. The normalized spacial score (nSPS) is 22.2. The Labute approximate surface area is 110 Å². The van der Waals surface area contributed by atoms with Crippen molar-refractivity contribution in [1.29, 1.82) is 0 Å². The molecule has 1 fully saturated rings. The molecule has 2 N–H and O–H groups in total. The summed E-state index contributed by atoms with van der Waals surface area (Å²) in [5, 5.41) is 11.5. The third kappa shape index (κ3) is 3.08. The number of pyridine rings is 1. The summed E-state index contributed by atoms with van der Waals surface area (Å²) in [6.07, 6.45) is 1.39. The summed E-state index contributed by atoms with van der Waals surface area (Å²) in [6.45, 7) is 2.55. The number of nitrogens with one attached hydrogen (secondary N) is 1. The van der Waals surface area contributed by atoms with Crippen LogP contribution >= 0.6 is 0 Å². The first-order valence-electron chi connectivity index (χ1n) is 6.24. The van der Waals surface area contributed by atoms with E-state index < -0.39 is 5.97 Å². The molecule has 6 heteroatoms. The predicted molar refractivity (Wildman–Crippen MR) is 68.0 cm³/mol. The van der Waals surface area contributed by atoms with Crippen molar-refractivity contribution < 1.29 is 19.4 Å². The number of ether oxygens (including phenoxy) is 1. The van der Waals surface area contributed by atoms with Crippen LogP contribution in [0.1, 0.15) is 30.3 Å². The molecular weight excluding hydrogens is 248 g/mol. The van der Waals surface area contributed by atoms with Gasteiger partial charge in [0.25, 0.3) is 0 Å². The summed E-state index contributed by atoms with van der Waals surface area (Å²) in [5.74, 6) is -1.22. The van der Waals surface area contributed by atoms with E-state index in [0.29, 0.717) is 13.0 Å². The van der Waals surface area contributed by atoms with Crippen molar-refractivity contribution in [2.75, 3.05) is 11.9 Å². The Bertz CT molecular complexity index is 489. The Kier molecular flexibility index (Phi) is 4.11. The first-order valence-corrected chi connectivity index (χ1v) is 6.24. The lowest BCUT2D eigenvalue weighted by Crippen LogP contribution is -2.29. The summed E-state index contributed by atoms with van der Waals surface area (Å²) >= 11 is 0. The third-order valence-electron chi connectivity index (χ3n) is 3.17. The van der Waals surface area contributed by atoms with Gasteiger partial charge in [-0.25, -0.2) is 9.78 Å². The summed E-state index contributed by atoms with van der Waals surface area (Å²) in [5.41, 5.74) is -0.0903. The Balaban J connectivity index is 2.06. The van der Waals surface area contributed by atoms with Crippen molar-refractivity contribution in [3.05, 3.63) is 23.9 Å². The Morgan fingerprint density at radius 2 is 2.32 bits per heavy atom. The van der Waals surface area contributed by atoms with Crippen molar-refractivity contribution in [2.24, 2.45) is 5.92 Å². The van der Waals surface area contributed by atoms with Crippen LogP contribution in [0, 0.1) is 5.92 Å². The van der Waals surface area contributed by atoms with Crippen molar-refractivity contribution in [3.63, 3.8) is 0 Å². The molecule has 2 unspecified atom stereocenters. The number of carbonyl (C=O) groups excluding carboxylic acids is 1. The van der Waals surface area contributed by atoms with Gasteiger partial charge in [0, 0.05) is 6.61 Å². The van der Waals surface area contributed by atoms with E-state index in [2.05, 4.69) is 10.3 Å². The highest BCUT2D eigenvalue weighted by atomic mass is 16.5. The number of amides is 1. The van der Waals surface area contributed by atoms with Crippen LogP contribution in [-0.4, -0.2) is 34.7 Å². The molecule has 0 aromatic carbocycles. The third-order valence-corrected chi connectivity index (χ3v) is 3.17. The first-order chi connectivity index (χ1) is 9.11. The molecule has 0 bridgehead atoms. The van der Waals surface area contributed by atoms with E-state index in [1.807, 2.05) is 6.92 Å². The maximum Gasteiger partial charge on any atom is 0.354 e. The van der Waals surface area contributed by atoms with Gasteiger partial charge < -0.3 is 15.2 Å². The monoisotopic (exact) mass is 264 g/mol. The molecule has 6 nitrogen and oxygen atoms in total. The van der Waals surface area contributed by atoms with Crippen molar-refractivity contribution in [3.8, 4) is 0 Å². The molecule has 2 atom stereocenters. The van der Waals surface area contributed by atoms with Gasteiger partial charge in [0.15, 0.2) is 5.69 Å². The molecule has 1 aromatic rings. The van der Waals surface area contributed by atoms with Gasteiger partial charge in [-0.05, 0) is 25.0 Å². The molecule has 0 aliphatic carbocycles. The van der Waals surface area contributed by atoms with Gasteiger partial charge in [-0.2, -0.15) is 0 Å². The minimum Gasteiger partial charge on any atom is -0.477 e. The molecule has 19 heavy (non-hydrogen) atoms. The highest BCUT2D eigenvalue weighted by Crippen LogP contribution is 2.24. The molecule has 0 radical (unpaired) electrons. The van der Waals surface area contributed by atoms with E-state index >= 15 is 0 Å². The zero-order valence-corrected chi connectivity index (χ0v) is 10.6. The van der Waals surface area contributed by atoms with Crippen LogP contribution in [0.15, 0.2) is 18.2 Å². The molecule has 1 amide bonds. The second-order valence-corrected chi connectivity index (χ2v) is 4.42. The topological polar surface area (TPSA) is 88.5 Å². The number of carboxylic acid groups (broad SMARTS) is 1. The van der Waals surface area contributed by atoms with Crippen LogP contribution in [0.5, 0.6) is 0 Å². The molecule has 1 aliphatic rings. The zero-order valence-electron chi connectivity index (χ0n) is 10.6. The van der Waals surface area contributed by atoms with Crippen LogP contribution in [0.25, 0.3) is 0 Å². The molecule has 0 spiro atoms. The maximum absolute atomic E-state index is 12.1. The Morgan fingerprint density at radius 3 is 3.00 bits per heavy atom. The second kappa shape index (κ2) is 5.79. The first kappa shape index (κ1) is 13.5. The molecule has 102 valence electrons. The van der Waals surface area contributed by atoms with Gasteiger partial charge in [-0.1, -0.05) is 13.0 Å². The largest absolute Gasteiger partial charge is 0.477 e. The van der Waals surface area contributed by atoms with E-state index in [1.165, 1.54) is 6.07 Å². The van der Waals surface area contributed by atoms with Crippen molar-refractivity contribution >= 4 is 17.7 Å². The highest BCUT2D eigenvalue weighted by molar-refractivity contribution is 5.93. The minimum absolute atomic E-state index is 0.0670. The number of hydrogen-bond donors (Lipinski definition) is 2. The molecule has 2 rings (SSSR count). The standard InChI is InChI=1S/C13H16N2O4/c1-2-10-8(6-7-19-10)12(16)15-11-5-3-4-9(14-11)13(17)18/h3-5,8,10H,2,6-7H2,1H3,(H,17,18)(H,14,15,16). The number of nitrogens with zero attached hydrogens (tertiary/aromatic N) is 1. The predicted octanol–water partition coefficient (Wildman–Crippen LogP) is 1.53. The van der Waals surface area contributed by atoms with Crippen molar-refractivity contribution in [2.45, 2.75) is 25.9 Å². The lowest BCUT2D eigenvalue weighted by molar-refractivity contribution is -0.121. The average Bonchev–Trinajstić information content (AvgIpc) is 2.87. The quantitative estimate of drug-likeness (QED) is 0.861. The van der Waals surface area contributed by atoms with Gasteiger partial charge in [-0.3, -0.25) is 4.79 Å². The van der Waals surface area contributed by atoms with E-state index in [0.717, 1.165) is 6.42 Å². The zero-order chi connectivity index (χ0) is 13.8. The van der Waals surface area contributed by atoms with Crippen molar-refractivity contribution in [1.82, 2.24) is 4.98 Å². The van der Waals surface area contributed by atoms with Gasteiger partial charge in [0.2, 0.25) is 5.91 Å². The van der Waals surface area contributed by atoms with Crippen LogP contribution in [0.3, 0.4) is 0 Å². The van der Waals surface area contributed by atoms with Crippen LogP contribution in [0.4, 0.5) is 5.82 Å². The molecule has 1 aromatic heterocycles. The van der Waals surface area contributed by atoms with Gasteiger partial charge in [0.1, 0.15) is 5.82 Å². The fourth-order valence-electron chi connectivity index (χ4n) is 2.19. The molecule has 1 aliphatic heterocycles. The Hall–Kier alpha value is -1.95. The maximum atomic E-state index is 12.1. The minimum atomic E-state index is -1.12. The number of hydrogen-bond acceptors (Lipinski definition) is 4. The number of anilines is 1. The lowest BCUT2D eigenvalue weighted by atomic mass is 9.99. The Morgan fingerprint density at radius 1 is 1.53 bits per heavy atom. The summed E-state index contributed by atoms with van der Waals surface area (Å²) in [4.78, 5) is 26.7. The molecule has 2 heterocycles. The SMILES string of the molecule is CCC1OCCC1C(=O)Nc1cccc(C(=O)O)n1. The molecular formula is C13H16N2O4. The van der Waals surface area contributed by atoms with E-state index in [4.69, 9.17) is 9.84 Å². The van der Waals surface area contributed by atoms with E-state index in [-0.39, 0.29) is 29.4 Å². The van der Waals surface area contributed by atoms with Gasteiger partial charge in [-0.15, -0.1) is 0 Å². The summed E-state index contributed by atoms with van der Waals surface area (Å²) in [6, 6.07) is 4.50. The molecule has 1 saturated heterocycles. The number of aromatic nitrogens is 1. The number of carboxylic acids is 1. The fourth-order valence-corrected chi connectivity index (χ4v) is 2.19. The highest BCUT2D eigenvalue weighted by Gasteiger charge is 2.32.